The molecule has 1 fully saturated rings. The molecule has 1 atom stereocenters. The number of aromatic nitrogens is 3. The van der Waals surface area contributed by atoms with Gasteiger partial charge >= 0.3 is 0 Å². The molecule has 4 aromatic rings. The largest absolute Gasteiger partial charge is 0.342 e. The number of fused-ring (bicyclic) bond motifs is 2. The van der Waals surface area contributed by atoms with E-state index in [0.29, 0.717) is 17.8 Å². The second-order valence-corrected chi connectivity index (χ2v) is 8.10. The van der Waals surface area contributed by atoms with Crippen molar-refractivity contribution in [3.63, 3.8) is 0 Å². The van der Waals surface area contributed by atoms with Gasteiger partial charge < -0.3 is 4.98 Å². The Morgan fingerprint density at radius 2 is 1.82 bits per heavy atom. The number of nitrogens with zero attached hydrogens (tertiary/aromatic N) is 2. The van der Waals surface area contributed by atoms with Gasteiger partial charge in [-0.1, -0.05) is 19.1 Å². The van der Waals surface area contributed by atoms with Crippen molar-refractivity contribution in [2.75, 3.05) is 0 Å². The third-order valence-electron chi connectivity index (χ3n) is 6.50. The van der Waals surface area contributed by atoms with Crippen molar-refractivity contribution in [3.05, 3.63) is 71.9 Å². The molecule has 4 heteroatoms. The minimum absolute atomic E-state index is 0.186. The molecule has 3 nitrogen and oxygen atoms in total. The van der Waals surface area contributed by atoms with Crippen LogP contribution in [0.25, 0.3) is 21.9 Å². The fraction of sp³-hybridized carbons (Fsp3) is 0.333. The number of pyridine rings is 1. The maximum Gasteiger partial charge on any atom is 0.123 e. The highest BCUT2D eigenvalue weighted by Crippen LogP contribution is 2.42. The van der Waals surface area contributed by atoms with E-state index in [0.717, 1.165) is 40.6 Å². The second kappa shape index (κ2) is 7.01. The zero-order valence-corrected chi connectivity index (χ0v) is 16.0. The molecule has 5 rings (SSSR count). The summed E-state index contributed by atoms with van der Waals surface area (Å²) in [6, 6.07) is 15.2. The second-order valence-electron chi connectivity index (χ2n) is 8.10. The standard InChI is InChI=1S/C24H24FN3/c1-15(24-27-22-4-2-3-5-23(22)28-24)16-6-8-17(9-7-16)19-12-13-26-21-11-10-18(25)14-20(19)21/h2-5,10-17H,6-9H2,1H3,(H,27,28). The SMILES string of the molecule is CC(c1nc2ccccc2[nH]1)C1CCC(c2ccnc3ccc(F)cc23)CC1. The molecule has 0 amide bonds. The number of aromatic amines is 1. The minimum Gasteiger partial charge on any atom is -0.342 e. The first-order chi connectivity index (χ1) is 13.7. The predicted molar refractivity (Wildman–Crippen MR) is 111 cm³/mol. The van der Waals surface area contributed by atoms with E-state index < -0.39 is 0 Å². The van der Waals surface area contributed by atoms with E-state index in [2.05, 4.69) is 35.1 Å². The summed E-state index contributed by atoms with van der Waals surface area (Å²) in [6.45, 7) is 2.29. The summed E-state index contributed by atoms with van der Waals surface area (Å²) in [6.07, 6.45) is 6.46. The van der Waals surface area contributed by atoms with Gasteiger partial charge in [-0.25, -0.2) is 9.37 Å². The number of para-hydroxylation sites is 2. The maximum atomic E-state index is 13.8. The van der Waals surface area contributed by atoms with E-state index in [-0.39, 0.29) is 5.82 Å². The number of halogens is 1. The molecule has 2 heterocycles. The van der Waals surface area contributed by atoms with Crippen LogP contribution in [0.4, 0.5) is 4.39 Å². The van der Waals surface area contributed by atoms with Gasteiger partial charge in [-0.05, 0) is 79.5 Å². The third-order valence-corrected chi connectivity index (χ3v) is 6.50. The van der Waals surface area contributed by atoms with Crippen LogP contribution in [-0.4, -0.2) is 15.0 Å². The molecular formula is C24H24FN3. The van der Waals surface area contributed by atoms with E-state index in [9.17, 15) is 4.39 Å². The van der Waals surface area contributed by atoms with Gasteiger partial charge in [0.1, 0.15) is 11.6 Å². The van der Waals surface area contributed by atoms with Gasteiger partial charge in [0.15, 0.2) is 0 Å². The fourth-order valence-corrected chi connectivity index (χ4v) is 4.84. The molecule has 1 aliphatic carbocycles. The Bertz CT molecular complexity index is 1090. The Labute approximate surface area is 164 Å². The number of hydrogen-bond acceptors (Lipinski definition) is 2. The van der Waals surface area contributed by atoms with E-state index in [1.54, 1.807) is 12.1 Å². The van der Waals surface area contributed by atoms with Crippen molar-refractivity contribution < 1.29 is 4.39 Å². The van der Waals surface area contributed by atoms with Crippen LogP contribution < -0.4 is 0 Å². The maximum absolute atomic E-state index is 13.8. The van der Waals surface area contributed by atoms with Crippen LogP contribution in [0.5, 0.6) is 0 Å². The summed E-state index contributed by atoms with van der Waals surface area (Å²) in [5, 5.41) is 0.969. The molecule has 1 aliphatic rings. The van der Waals surface area contributed by atoms with Crippen molar-refractivity contribution in [2.45, 2.75) is 44.4 Å². The predicted octanol–water partition coefficient (Wildman–Crippen LogP) is 6.33. The number of benzene rings is 2. The van der Waals surface area contributed by atoms with Crippen LogP contribution in [0.2, 0.25) is 0 Å². The van der Waals surface area contributed by atoms with Crippen LogP contribution >= 0.6 is 0 Å². The van der Waals surface area contributed by atoms with Crippen LogP contribution in [0.1, 0.15) is 55.8 Å². The van der Waals surface area contributed by atoms with Gasteiger partial charge in [0.25, 0.3) is 0 Å². The van der Waals surface area contributed by atoms with Crippen molar-refractivity contribution in [1.29, 1.82) is 0 Å². The highest BCUT2D eigenvalue weighted by molar-refractivity contribution is 5.82. The third kappa shape index (κ3) is 3.07. The Morgan fingerprint density at radius 3 is 2.64 bits per heavy atom. The average Bonchev–Trinajstić information content (AvgIpc) is 3.17. The van der Waals surface area contributed by atoms with Crippen LogP contribution in [0.3, 0.4) is 0 Å². The van der Waals surface area contributed by atoms with Gasteiger partial charge in [-0.3, -0.25) is 4.98 Å². The van der Waals surface area contributed by atoms with E-state index in [4.69, 9.17) is 4.98 Å². The summed E-state index contributed by atoms with van der Waals surface area (Å²) in [7, 11) is 0. The molecule has 2 aromatic heterocycles. The molecule has 0 saturated heterocycles. The molecule has 2 aromatic carbocycles. The minimum atomic E-state index is -0.186. The molecule has 0 bridgehead atoms. The molecule has 142 valence electrons. The van der Waals surface area contributed by atoms with Gasteiger partial charge in [-0.2, -0.15) is 0 Å². The zero-order chi connectivity index (χ0) is 19.1. The van der Waals surface area contributed by atoms with E-state index >= 15 is 0 Å². The molecule has 1 saturated carbocycles. The summed E-state index contributed by atoms with van der Waals surface area (Å²) >= 11 is 0. The number of hydrogen-bond donors (Lipinski definition) is 1. The molecule has 1 unspecified atom stereocenters. The molecule has 0 radical (unpaired) electrons. The summed E-state index contributed by atoms with van der Waals surface area (Å²) in [4.78, 5) is 12.7. The Morgan fingerprint density at radius 1 is 1.00 bits per heavy atom. The van der Waals surface area contributed by atoms with Gasteiger partial charge in [0.2, 0.25) is 0 Å². The highest BCUT2D eigenvalue weighted by Gasteiger charge is 2.29. The molecule has 0 spiro atoms. The van der Waals surface area contributed by atoms with Crippen LogP contribution in [0, 0.1) is 11.7 Å². The lowest BCUT2D eigenvalue weighted by Gasteiger charge is -2.32. The lowest BCUT2D eigenvalue weighted by atomic mass is 9.73. The zero-order valence-electron chi connectivity index (χ0n) is 16.0. The quantitative estimate of drug-likeness (QED) is 0.456. The Hall–Kier alpha value is -2.75. The number of nitrogens with one attached hydrogen (secondary N) is 1. The van der Waals surface area contributed by atoms with Crippen molar-refractivity contribution in [2.24, 2.45) is 5.92 Å². The smallest absolute Gasteiger partial charge is 0.123 e. The highest BCUT2D eigenvalue weighted by atomic mass is 19.1. The Balaban J connectivity index is 1.34. The number of rotatable bonds is 3. The first kappa shape index (κ1) is 17.4. The van der Waals surface area contributed by atoms with Gasteiger partial charge in [0.05, 0.1) is 16.6 Å². The van der Waals surface area contributed by atoms with Gasteiger partial charge in [-0.15, -0.1) is 0 Å². The monoisotopic (exact) mass is 373 g/mol. The van der Waals surface area contributed by atoms with E-state index in [1.165, 1.54) is 24.5 Å². The topological polar surface area (TPSA) is 41.6 Å². The van der Waals surface area contributed by atoms with E-state index in [1.807, 2.05) is 18.3 Å². The van der Waals surface area contributed by atoms with Gasteiger partial charge in [0, 0.05) is 17.5 Å². The lowest BCUT2D eigenvalue weighted by molar-refractivity contribution is 0.286. The average molecular weight is 373 g/mol. The first-order valence-corrected chi connectivity index (χ1v) is 10.2. The summed E-state index contributed by atoms with van der Waals surface area (Å²) in [5.41, 5.74) is 4.29. The lowest BCUT2D eigenvalue weighted by Crippen LogP contribution is -2.19. The van der Waals surface area contributed by atoms with Crippen LogP contribution in [-0.2, 0) is 0 Å². The first-order valence-electron chi connectivity index (χ1n) is 10.2. The summed E-state index contributed by atoms with van der Waals surface area (Å²) in [5.74, 6) is 2.43. The summed E-state index contributed by atoms with van der Waals surface area (Å²) < 4.78 is 13.8. The normalized spacial score (nSPS) is 21.2. The molecule has 1 N–H and O–H groups in total. The molecule has 28 heavy (non-hydrogen) atoms. The number of imidazole rings is 1. The van der Waals surface area contributed by atoms with Crippen LogP contribution in [0.15, 0.2) is 54.7 Å². The van der Waals surface area contributed by atoms with Crippen molar-refractivity contribution in [3.8, 4) is 0 Å². The fourth-order valence-electron chi connectivity index (χ4n) is 4.84. The van der Waals surface area contributed by atoms with Crippen molar-refractivity contribution in [1.82, 2.24) is 15.0 Å². The number of H-pyrrole nitrogens is 1. The van der Waals surface area contributed by atoms with Crippen molar-refractivity contribution >= 4 is 21.9 Å². The Kier molecular flexibility index (Phi) is 4.34. The molecule has 0 aliphatic heterocycles. The molecular weight excluding hydrogens is 349 g/mol.